The molecule has 0 saturated carbocycles. The Balaban J connectivity index is 1.95. The fourth-order valence-electron chi connectivity index (χ4n) is 3.37. The average Bonchev–Trinajstić information content (AvgIpc) is 3.31. The number of rotatable bonds is 7. The standard InChI is InChI=1S/C23H20F3N3O4S/c1-3-32-18(30)12-34-22-16(11-27)20(17-8-5-9-33-17)19(13(2)28-22)21(31)29-15-7-4-6-14(10-15)23(24,25)26/h4-10,20,28H,3,12H2,1-2H3,(H,29,31)/t20-/m0/s1. The first-order chi connectivity index (χ1) is 16.2. The van der Waals surface area contributed by atoms with Gasteiger partial charge in [-0.15, -0.1) is 0 Å². The molecular weight excluding hydrogens is 471 g/mol. The van der Waals surface area contributed by atoms with Crippen molar-refractivity contribution in [1.82, 2.24) is 5.32 Å². The molecule has 1 atom stereocenters. The summed E-state index contributed by atoms with van der Waals surface area (Å²) in [4.78, 5) is 25.0. The van der Waals surface area contributed by atoms with Gasteiger partial charge in [0.15, 0.2) is 0 Å². The molecule has 7 nitrogen and oxygen atoms in total. The van der Waals surface area contributed by atoms with E-state index in [9.17, 15) is 28.0 Å². The number of thioether (sulfide) groups is 1. The molecule has 1 aliphatic rings. The van der Waals surface area contributed by atoms with Crippen LogP contribution < -0.4 is 10.6 Å². The summed E-state index contributed by atoms with van der Waals surface area (Å²) in [6.07, 6.45) is -3.18. The van der Waals surface area contributed by atoms with Crippen molar-refractivity contribution >= 4 is 29.3 Å². The highest BCUT2D eigenvalue weighted by Crippen LogP contribution is 2.41. The lowest BCUT2D eigenvalue weighted by molar-refractivity contribution is -0.140. The van der Waals surface area contributed by atoms with Gasteiger partial charge in [0, 0.05) is 11.4 Å². The second-order valence-electron chi connectivity index (χ2n) is 7.09. The van der Waals surface area contributed by atoms with E-state index in [1.807, 2.05) is 0 Å². The van der Waals surface area contributed by atoms with Crippen molar-refractivity contribution in [3.8, 4) is 6.07 Å². The Labute approximate surface area is 197 Å². The van der Waals surface area contributed by atoms with Gasteiger partial charge in [-0.2, -0.15) is 18.4 Å². The van der Waals surface area contributed by atoms with Crippen LogP contribution in [0.2, 0.25) is 0 Å². The van der Waals surface area contributed by atoms with Gasteiger partial charge in [0.05, 0.1) is 52.3 Å². The number of nitrogens with one attached hydrogen (secondary N) is 2. The number of amides is 1. The van der Waals surface area contributed by atoms with Crippen LogP contribution in [-0.2, 0) is 20.5 Å². The lowest BCUT2D eigenvalue weighted by Crippen LogP contribution is -2.31. The van der Waals surface area contributed by atoms with Crippen molar-refractivity contribution in [1.29, 1.82) is 5.26 Å². The molecule has 3 rings (SSSR count). The Morgan fingerprint density at radius 2 is 2.06 bits per heavy atom. The Bertz CT molecular complexity index is 1180. The largest absolute Gasteiger partial charge is 0.468 e. The van der Waals surface area contributed by atoms with Gasteiger partial charge in [-0.3, -0.25) is 9.59 Å². The fourth-order valence-corrected chi connectivity index (χ4v) is 4.26. The lowest BCUT2D eigenvalue weighted by atomic mass is 9.85. The van der Waals surface area contributed by atoms with E-state index in [0.717, 1.165) is 23.9 Å². The van der Waals surface area contributed by atoms with Crippen molar-refractivity contribution in [2.45, 2.75) is 25.9 Å². The summed E-state index contributed by atoms with van der Waals surface area (Å²) in [6, 6.07) is 9.50. The van der Waals surface area contributed by atoms with E-state index in [1.165, 1.54) is 18.4 Å². The first-order valence-corrected chi connectivity index (χ1v) is 11.1. The van der Waals surface area contributed by atoms with Crippen molar-refractivity contribution < 1.29 is 31.9 Å². The molecule has 0 radical (unpaired) electrons. The number of hydrogen-bond donors (Lipinski definition) is 2. The van der Waals surface area contributed by atoms with Crippen LogP contribution in [-0.4, -0.2) is 24.2 Å². The highest BCUT2D eigenvalue weighted by molar-refractivity contribution is 8.03. The molecular formula is C23H20F3N3O4S. The predicted molar refractivity (Wildman–Crippen MR) is 119 cm³/mol. The quantitative estimate of drug-likeness (QED) is 0.529. The highest BCUT2D eigenvalue weighted by atomic mass is 32.2. The number of furan rings is 1. The number of dihydropyridines is 1. The molecule has 0 bridgehead atoms. The summed E-state index contributed by atoms with van der Waals surface area (Å²) >= 11 is 1.04. The summed E-state index contributed by atoms with van der Waals surface area (Å²) in [5, 5.41) is 15.7. The molecule has 0 aliphatic carbocycles. The normalized spacial score (nSPS) is 16.1. The van der Waals surface area contributed by atoms with Crippen molar-refractivity contribution in [3.63, 3.8) is 0 Å². The maximum atomic E-state index is 13.2. The molecule has 2 aromatic rings. The van der Waals surface area contributed by atoms with Gasteiger partial charge >= 0.3 is 12.1 Å². The molecule has 0 fully saturated rings. The third-order valence-electron chi connectivity index (χ3n) is 4.81. The second kappa shape index (κ2) is 10.5. The number of carbonyl (C=O) groups excluding carboxylic acids is 2. The summed E-state index contributed by atoms with van der Waals surface area (Å²) in [7, 11) is 0. The number of nitrogens with zero attached hydrogens (tertiary/aromatic N) is 1. The van der Waals surface area contributed by atoms with E-state index >= 15 is 0 Å². The minimum atomic E-state index is -4.57. The Hall–Kier alpha value is -3.65. The van der Waals surface area contributed by atoms with Crippen molar-refractivity contribution in [2.24, 2.45) is 0 Å². The maximum Gasteiger partial charge on any atom is 0.416 e. The minimum absolute atomic E-state index is 0.0525. The summed E-state index contributed by atoms with van der Waals surface area (Å²) in [6.45, 7) is 3.48. The highest BCUT2D eigenvalue weighted by Gasteiger charge is 2.37. The first-order valence-electron chi connectivity index (χ1n) is 10.1. The zero-order chi connectivity index (χ0) is 24.9. The Morgan fingerprint density at radius 1 is 1.29 bits per heavy atom. The van der Waals surface area contributed by atoms with E-state index in [-0.39, 0.29) is 29.2 Å². The van der Waals surface area contributed by atoms with E-state index < -0.39 is 29.5 Å². The zero-order valence-electron chi connectivity index (χ0n) is 18.2. The predicted octanol–water partition coefficient (Wildman–Crippen LogP) is 4.93. The molecule has 1 aliphatic heterocycles. The number of nitriles is 1. The number of alkyl halides is 3. The molecule has 178 valence electrons. The van der Waals surface area contributed by atoms with Gasteiger partial charge < -0.3 is 19.8 Å². The van der Waals surface area contributed by atoms with Gasteiger partial charge in [-0.25, -0.2) is 0 Å². The summed E-state index contributed by atoms with van der Waals surface area (Å²) in [5.74, 6) is -1.88. The smallest absolute Gasteiger partial charge is 0.416 e. The fraction of sp³-hybridized carbons (Fsp3) is 0.261. The van der Waals surface area contributed by atoms with Gasteiger partial charge in [0.1, 0.15) is 5.76 Å². The molecule has 11 heteroatoms. The number of hydrogen-bond acceptors (Lipinski definition) is 7. The van der Waals surface area contributed by atoms with Crippen LogP contribution in [0.25, 0.3) is 0 Å². The van der Waals surface area contributed by atoms with Gasteiger partial charge in [-0.05, 0) is 44.2 Å². The minimum Gasteiger partial charge on any atom is -0.468 e. The molecule has 34 heavy (non-hydrogen) atoms. The molecule has 0 spiro atoms. The van der Waals surface area contributed by atoms with Crippen molar-refractivity contribution in [3.05, 3.63) is 75.9 Å². The number of benzene rings is 1. The van der Waals surface area contributed by atoms with Crippen LogP contribution in [0.1, 0.15) is 31.1 Å². The summed E-state index contributed by atoms with van der Waals surface area (Å²) in [5.41, 5.74) is -0.372. The van der Waals surface area contributed by atoms with Crippen LogP contribution in [0.5, 0.6) is 0 Å². The zero-order valence-corrected chi connectivity index (χ0v) is 19.0. The summed E-state index contributed by atoms with van der Waals surface area (Å²) < 4.78 is 49.6. The van der Waals surface area contributed by atoms with Gasteiger partial charge in [0.25, 0.3) is 5.91 Å². The van der Waals surface area contributed by atoms with E-state index in [4.69, 9.17) is 9.15 Å². The molecule has 2 heterocycles. The van der Waals surface area contributed by atoms with Gasteiger partial charge in [-0.1, -0.05) is 17.8 Å². The number of anilines is 1. The number of esters is 1. The van der Waals surface area contributed by atoms with E-state index in [1.54, 1.807) is 26.0 Å². The molecule has 0 saturated heterocycles. The molecule has 1 aromatic heterocycles. The van der Waals surface area contributed by atoms with Crippen molar-refractivity contribution in [2.75, 3.05) is 17.7 Å². The van der Waals surface area contributed by atoms with Crippen LogP contribution in [0.4, 0.5) is 18.9 Å². The van der Waals surface area contributed by atoms with E-state index in [2.05, 4.69) is 16.7 Å². The topological polar surface area (TPSA) is 104 Å². The SMILES string of the molecule is CCOC(=O)CSC1=C(C#N)[C@@H](c2ccco2)C(C(=O)Nc2cccc(C(F)(F)F)c2)=C(C)N1. The van der Waals surface area contributed by atoms with E-state index in [0.29, 0.717) is 16.5 Å². The Morgan fingerprint density at radius 3 is 2.68 bits per heavy atom. The monoisotopic (exact) mass is 491 g/mol. The first kappa shape index (κ1) is 25.0. The number of halogens is 3. The van der Waals surface area contributed by atoms with Crippen LogP contribution in [0.3, 0.4) is 0 Å². The van der Waals surface area contributed by atoms with Crippen LogP contribution >= 0.6 is 11.8 Å². The third kappa shape index (κ3) is 5.63. The Kier molecular flexibility index (Phi) is 7.73. The maximum absolute atomic E-state index is 13.2. The molecule has 0 unspecified atom stereocenters. The average molecular weight is 491 g/mol. The van der Waals surface area contributed by atoms with Gasteiger partial charge in [0.2, 0.25) is 0 Å². The van der Waals surface area contributed by atoms with Crippen LogP contribution in [0.15, 0.2) is 69.0 Å². The third-order valence-corrected chi connectivity index (χ3v) is 5.80. The molecule has 1 amide bonds. The molecule has 2 N–H and O–H groups in total. The number of ether oxygens (including phenoxy) is 1. The number of allylic oxidation sites excluding steroid dienone is 2. The lowest BCUT2D eigenvalue weighted by Gasteiger charge is -2.28. The van der Waals surface area contributed by atoms with Crippen LogP contribution in [0, 0.1) is 11.3 Å². The number of carbonyl (C=O) groups is 2. The second-order valence-corrected chi connectivity index (χ2v) is 8.08. The molecule has 1 aromatic carbocycles.